The zero-order chi connectivity index (χ0) is 20.6. The smallest absolute Gasteiger partial charge is 0.238 e. The highest BCUT2D eigenvalue weighted by molar-refractivity contribution is 5.93. The van der Waals surface area contributed by atoms with Crippen LogP contribution < -0.4 is 15.4 Å². The van der Waals surface area contributed by atoms with Gasteiger partial charge in [-0.2, -0.15) is 0 Å². The minimum Gasteiger partial charge on any atom is -0.493 e. The molecule has 2 aromatic carbocycles. The van der Waals surface area contributed by atoms with Gasteiger partial charge in [-0.05, 0) is 37.6 Å². The zero-order valence-corrected chi connectivity index (χ0v) is 17.1. The Balaban J connectivity index is 1.56. The number of para-hydroxylation sites is 2. The molecule has 6 nitrogen and oxygen atoms in total. The Morgan fingerprint density at radius 2 is 1.79 bits per heavy atom. The normalized spacial score (nSPS) is 15.3. The molecule has 1 heterocycles. The summed E-state index contributed by atoms with van der Waals surface area (Å²) in [7, 11) is 0. The van der Waals surface area contributed by atoms with Gasteiger partial charge in [-0.1, -0.05) is 43.3 Å². The molecule has 3 rings (SSSR count). The first kappa shape index (κ1) is 20.9. The van der Waals surface area contributed by atoms with Crippen LogP contribution in [0.1, 0.15) is 36.9 Å². The maximum Gasteiger partial charge on any atom is 0.238 e. The second-order valence-electron chi connectivity index (χ2n) is 7.37. The molecule has 0 radical (unpaired) electrons. The van der Waals surface area contributed by atoms with E-state index in [2.05, 4.69) is 10.6 Å². The molecule has 1 aliphatic rings. The summed E-state index contributed by atoms with van der Waals surface area (Å²) < 4.78 is 5.66. The summed E-state index contributed by atoms with van der Waals surface area (Å²) in [6, 6.07) is 15.4. The molecule has 0 spiro atoms. The second-order valence-corrected chi connectivity index (χ2v) is 7.37. The lowest BCUT2D eigenvalue weighted by atomic mass is 10.0. The monoisotopic (exact) mass is 395 g/mol. The van der Waals surface area contributed by atoms with Crippen LogP contribution in [0.3, 0.4) is 0 Å². The fourth-order valence-electron chi connectivity index (χ4n) is 3.57. The predicted octanol–water partition coefficient (Wildman–Crippen LogP) is 3.29. The highest BCUT2D eigenvalue weighted by Crippen LogP contribution is 2.31. The van der Waals surface area contributed by atoms with Crippen LogP contribution >= 0.6 is 0 Å². The van der Waals surface area contributed by atoms with E-state index in [1.807, 2.05) is 67.3 Å². The van der Waals surface area contributed by atoms with Crippen LogP contribution in [0, 0.1) is 6.92 Å². The number of carbonyl (C=O) groups is 2. The van der Waals surface area contributed by atoms with E-state index in [1.54, 1.807) is 0 Å². The van der Waals surface area contributed by atoms with Crippen molar-refractivity contribution in [3.05, 3.63) is 59.7 Å². The van der Waals surface area contributed by atoms with E-state index in [1.165, 1.54) is 0 Å². The Labute approximate surface area is 172 Å². The molecule has 154 valence electrons. The number of aryl methyl sites for hydroxylation is 1. The van der Waals surface area contributed by atoms with Crippen molar-refractivity contribution < 1.29 is 14.3 Å². The first-order chi connectivity index (χ1) is 14.1. The largest absolute Gasteiger partial charge is 0.493 e. The molecule has 2 N–H and O–H groups in total. The molecule has 0 bridgehead atoms. The van der Waals surface area contributed by atoms with E-state index >= 15 is 0 Å². The van der Waals surface area contributed by atoms with E-state index in [9.17, 15) is 9.59 Å². The van der Waals surface area contributed by atoms with Crippen molar-refractivity contribution in [2.75, 3.05) is 31.6 Å². The molecule has 0 aromatic heterocycles. The number of carbonyl (C=O) groups excluding carboxylic acids is 2. The van der Waals surface area contributed by atoms with Crippen LogP contribution in [0.25, 0.3) is 0 Å². The summed E-state index contributed by atoms with van der Waals surface area (Å²) in [5.74, 6) is 0.632. The maximum atomic E-state index is 12.7. The first-order valence-corrected chi connectivity index (χ1v) is 10.2. The topological polar surface area (TPSA) is 70.7 Å². The molecule has 0 unspecified atom stereocenters. The Morgan fingerprint density at radius 1 is 1.07 bits per heavy atom. The van der Waals surface area contributed by atoms with Crippen molar-refractivity contribution in [1.29, 1.82) is 0 Å². The number of rotatable bonds is 8. The van der Waals surface area contributed by atoms with Crippen LogP contribution in [0.15, 0.2) is 48.5 Å². The van der Waals surface area contributed by atoms with E-state index in [4.69, 9.17) is 4.74 Å². The molecule has 29 heavy (non-hydrogen) atoms. The molecule has 2 amide bonds. The molecule has 0 saturated heterocycles. The number of hydrogen-bond donors (Lipinski definition) is 2. The Kier molecular flexibility index (Phi) is 7.25. The van der Waals surface area contributed by atoms with Gasteiger partial charge >= 0.3 is 0 Å². The number of nitrogens with one attached hydrogen (secondary N) is 2. The lowest BCUT2D eigenvalue weighted by Crippen LogP contribution is -2.43. The highest BCUT2D eigenvalue weighted by Gasteiger charge is 2.23. The van der Waals surface area contributed by atoms with E-state index in [-0.39, 0.29) is 30.9 Å². The summed E-state index contributed by atoms with van der Waals surface area (Å²) in [6.45, 7) is 5.63. The van der Waals surface area contributed by atoms with Crippen molar-refractivity contribution in [2.24, 2.45) is 0 Å². The number of amides is 2. The Bertz CT molecular complexity index is 853. The van der Waals surface area contributed by atoms with Crippen LogP contribution in [0.2, 0.25) is 0 Å². The van der Waals surface area contributed by atoms with Crippen molar-refractivity contribution in [3.8, 4) is 5.75 Å². The predicted molar refractivity (Wildman–Crippen MR) is 114 cm³/mol. The Hall–Kier alpha value is -2.86. The minimum absolute atomic E-state index is 0.0586. The average Bonchev–Trinajstić information content (AvgIpc) is 2.70. The molecule has 0 aliphatic carbocycles. The minimum atomic E-state index is -0.114. The third kappa shape index (κ3) is 5.81. The highest BCUT2D eigenvalue weighted by atomic mass is 16.5. The van der Waals surface area contributed by atoms with E-state index in [0.717, 1.165) is 35.4 Å². The van der Waals surface area contributed by atoms with E-state index < -0.39 is 0 Å². The number of fused-ring (bicyclic) bond motifs is 1. The van der Waals surface area contributed by atoms with Gasteiger partial charge in [0.05, 0.1) is 25.7 Å². The van der Waals surface area contributed by atoms with Gasteiger partial charge < -0.3 is 15.4 Å². The van der Waals surface area contributed by atoms with Crippen molar-refractivity contribution in [3.63, 3.8) is 0 Å². The second kappa shape index (κ2) is 10.1. The van der Waals surface area contributed by atoms with Gasteiger partial charge in [-0.25, -0.2) is 0 Å². The van der Waals surface area contributed by atoms with Crippen molar-refractivity contribution in [2.45, 2.75) is 32.7 Å². The molecule has 6 heteroatoms. The number of nitrogens with zero attached hydrogens (tertiary/aromatic N) is 1. The first-order valence-electron chi connectivity index (χ1n) is 10.2. The summed E-state index contributed by atoms with van der Waals surface area (Å²) >= 11 is 0. The molecular formula is C23H29N3O3. The fraction of sp³-hybridized carbons (Fsp3) is 0.391. The third-order valence-corrected chi connectivity index (χ3v) is 4.99. The summed E-state index contributed by atoms with van der Waals surface area (Å²) in [5.41, 5.74) is 2.82. The van der Waals surface area contributed by atoms with E-state index in [0.29, 0.717) is 13.2 Å². The van der Waals surface area contributed by atoms with Gasteiger partial charge in [0.2, 0.25) is 11.8 Å². The third-order valence-electron chi connectivity index (χ3n) is 4.99. The van der Waals surface area contributed by atoms with Gasteiger partial charge in [-0.15, -0.1) is 0 Å². The zero-order valence-electron chi connectivity index (χ0n) is 17.1. The van der Waals surface area contributed by atoms with Crippen molar-refractivity contribution in [1.82, 2.24) is 10.2 Å². The van der Waals surface area contributed by atoms with Crippen LogP contribution in [0.4, 0.5) is 5.69 Å². The van der Waals surface area contributed by atoms with Gasteiger partial charge in [-0.3, -0.25) is 14.5 Å². The quantitative estimate of drug-likeness (QED) is 0.720. The summed E-state index contributed by atoms with van der Waals surface area (Å²) in [5, 5.41) is 6.04. The molecule has 2 aromatic rings. The van der Waals surface area contributed by atoms with Crippen molar-refractivity contribution >= 4 is 17.5 Å². The number of hydrogen-bond acceptors (Lipinski definition) is 4. The maximum absolute atomic E-state index is 12.7. The van der Waals surface area contributed by atoms with Gasteiger partial charge in [0.15, 0.2) is 0 Å². The average molecular weight is 396 g/mol. The molecule has 0 saturated carbocycles. The Morgan fingerprint density at radius 3 is 2.59 bits per heavy atom. The number of ether oxygens (including phenoxy) is 1. The van der Waals surface area contributed by atoms with Crippen LogP contribution in [0.5, 0.6) is 5.75 Å². The fourth-order valence-corrected chi connectivity index (χ4v) is 3.57. The standard InChI is InChI=1S/C23H29N3O3/c1-3-13-26(15-22(27)24-19-10-6-4-8-17(19)2)16-23(28)25-20-12-14-29-21-11-7-5-9-18(20)21/h4-11,20H,3,12-16H2,1-2H3,(H,24,27)(H,25,28)/t20-/m0/s1. The molecular weight excluding hydrogens is 366 g/mol. The number of benzene rings is 2. The summed E-state index contributed by atoms with van der Waals surface area (Å²) in [6.07, 6.45) is 1.61. The van der Waals surface area contributed by atoms with Gasteiger partial charge in [0, 0.05) is 17.7 Å². The molecule has 1 atom stereocenters. The molecule has 0 fully saturated rings. The SMILES string of the molecule is CCCN(CC(=O)Nc1ccccc1C)CC(=O)N[C@H]1CCOc2ccccc21. The molecule has 1 aliphatic heterocycles. The van der Waals surface area contributed by atoms with Gasteiger partial charge in [0.1, 0.15) is 5.75 Å². The van der Waals surface area contributed by atoms with Crippen LogP contribution in [-0.2, 0) is 9.59 Å². The van der Waals surface area contributed by atoms with Crippen LogP contribution in [-0.4, -0.2) is 43.0 Å². The summed E-state index contributed by atoms with van der Waals surface area (Å²) in [4.78, 5) is 27.0. The lowest BCUT2D eigenvalue weighted by molar-refractivity contribution is -0.124. The van der Waals surface area contributed by atoms with Gasteiger partial charge in [0.25, 0.3) is 0 Å². The lowest BCUT2D eigenvalue weighted by Gasteiger charge is -2.28. The number of anilines is 1.